The molecule has 0 aliphatic heterocycles. The Morgan fingerprint density at radius 3 is 2.63 bits per heavy atom. The first kappa shape index (κ1) is 14.0. The highest BCUT2D eigenvalue weighted by Gasteiger charge is 2.33. The van der Waals surface area contributed by atoms with Gasteiger partial charge in [0.1, 0.15) is 0 Å². The van der Waals surface area contributed by atoms with E-state index in [-0.39, 0.29) is 5.69 Å². The highest BCUT2D eigenvalue weighted by Crippen LogP contribution is 2.35. The number of hydrogen-bond acceptors (Lipinski definition) is 2. The topological polar surface area (TPSA) is 38.0 Å². The lowest BCUT2D eigenvalue weighted by Crippen LogP contribution is -2.13. The van der Waals surface area contributed by atoms with Crippen LogP contribution in [0.3, 0.4) is 0 Å². The standard InChI is InChI=1S/C14H19F3N2/c1-9-2-3-10(6-9)8-19-11-4-5-13(18)12(7-11)14(15,16)17/h4-5,7,9-10,19H,2-3,6,8,18H2,1H3. The first-order valence-corrected chi connectivity index (χ1v) is 6.57. The molecule has 1 aromatic carbocycles. The molecule has 1 fully saturated rings. The van der Waals surface area contributed by atoms with Crippen molar-refractivity contribution in [1.29, 1.82) is 0 Å². The molecule has 0 heterocycles. The van der Waals surface area contributed by atoms with E-state index in [4.69, 9.17) is 5.73 Å². The number of halogens is 3. The third-order valence-corrected chi connectivity index (χ3v) is 3.76. The summed E-state index contributed by atoms with van der Waals surface area (Å²) in [4.78, 5) is 0. The predicted octanol–water partition coefficient (Wildman–Crippen LogP) is 4.14. The molecule has 106 valence electrons. The SMILES string of the molecule is CC1CCC(CNc2ccc(N)c(C(F)(F)F)c2)C1. The highest BCUT2D eigenvalue weighted by molar-refractivity contribution is 5.58. The third-order valence-electron chi connectivity index (χ3n) is 3.76. The van der Waals surface area contributed by atoms with Crippen LogP contribution in [-0.4, -0.2) is 6.54 Å². The van der Waals surface area contributed by atoms with Gasteiger partial charge in [0.2, 0.25) is 0 Å². The van der Waals surface area contributed by atoms with Crippen LogP contribution in [0.15, 0.2) is 18.2 Å². The smallest absolute Gasteiger partial charge is 0.398 e. The zero-order valence-corrected chi connectivity index (χ0v) is 10.9. The summed E-state index contributed by atoms with van der Waals surface area (Å²) >= 11 is 0. The van der Waals surface area contributed by atoms with Crippen molar-refractivity contribution >= 4 is 11.4 Å². The molecule has 0 amide bonds. The second-order valence-electron chi connectivity index (χ2n) is 5.46. The summed E-state index contributed by atoms with van der Waals surface area (Å²) in [6.45, 7) is 2.94. The Balaban J connectivity index is 2.01. The largest absolute Gasteiger partial charge is 0.418 e. The number of nitrogens with one attached hydrogen (secondary N) is 1. The maximum Gasteiger partial charge on any atom is 0.418 e. The van der Waals surface area contributed by atoms with E-state index >= 15 is 0 Å². The van der Waals surface area contributed by atoms with Crippen molar-refractivity contribution in [3.05, 3.63) is 23.8 Å². The molecule has 0 bridgehead atoms. The van der Waals surface area contributed by atoms with Gasteiger partial charge in [-0.3, -0.25) is 0 Å². The lowest BCUT2D eigenvalue weighted by atomic mass is 10.1. The summed E-state index contributed by atoms with van der Waals surface area (Å²) in [7, 11) is 0. The summed E-state index contributed by atoms with van der Waals surface area (Å²) < 4.78 is 38.1. The van der Waals surface area contributed by atoms with Crippen LogP contribution in [0.25, 0.3) is 0 Å². The van der Waals surface area contributed by atoms with Crippen LogP contribution < -0.4 is 11.1 Å². The van der Waals surface area contributed by atoms with Gasteiger partial charge in [0.25, 0.3) is 0 Å². The van der Waals surface area contributed by atoms with Crippen molar-refractivity contribution in [3.63, 3.8) is 0 Å². The Labute approximate surface area is 111 Å². The van der Waals surface area contributed by atoms with Gasteiger partial charge >= 0.3 is 6.18 Å². The van der Waals surface area contributed by atoms with Crippen LogP contribution >= 0.6 is 0 Å². The van der Waals surface area contributed by atoms with Gasteiger partial charge < -0.3 is 11.1 Å². The molecule has 1 aromatic rings. The molecule has 5 heteroatoms. The molecule has 3 N–H and O–H groups in total. The van der Waals surface area contributed by atoms with Crippen molar-refractivity contribution < 1.29 is 13.2 Å². The summed E-state index contributed by atoms with van der Waals surface area (Å²) in [6, 6.07) is 4.00. The first-order chi connectivity index (χ1) is 8.86. The molecule has 2 rings (SSSR count). The maximum absolute atomic E-state index is 12.7. The number of alkyl halides is 3. The molecule has 2 atom stereocenters. The molecule has 0 spiro atoms. The molecule has 1 aliphatic carbocycles. The molecule has 19 heavy (non-hydrogen) atoms. The van der Waals surface area contributed by atoms with Crippen LogP contribution in [0.1, 0.15) is 31.7 Å². The third kappa shape index (κ3) is 3.55. The monoisotopic (exact) mass is 272 g/mol. The summed E-state index contributed by atoms with van der Waals surface area (Å²) in [5.74, 6) is 1.28. The van der Waals surface area contributed by atoms with E-state index in [1.807, 2.05) is 0 Å². The second-order valence-corrected chi connectivity index (χ2v) is 5.46. The quantitative estimate of drug-likeness (QED) is 0.812. The zero-order valence-electron chi connectivity index (χ0n) is 10.9. The maximum atomic E-state index is 12.7. The highest BCUT2D eigenvalue weighted by atomic mass is 19.4. The fourth-order valence-electron chi connectivity index (χ4n) is 2.68. The molecular weight excluding hydrogens is 253 g/mol. The lowest BCUT2D eigenvalue weighted by molar-refractivity contribution is -0.136. The molecule has 0 saturated heterocycles. The Morgan fingerprint density at radius 2 is 2.05 bits per heavy atom. The number of anilines is 2. The molecule has 2 nitrogen and oxygen atoms in total. The lowest BCUT2D eigenvalue weighted by Gasteiger charge is -2.15. The second kappa shape index (κ2) is 5.31. The van der Waals surface area contributed by atoms with Gasteiger partial charge in [0.15, 0.2) is 0 Å². The van der Waals surface area contributed by atoms with Crippen LogP contribution in [0, 0.1) is 11.8 Å². The van der Waals surface area contributed by atoms with Crippen molar-refractivity contribution in [2.24, 2.45) is 11.8 Å². The van der Waals surface area contributed by atoms with Gasteiger partial charge in [-0.15, -0.1) is 0 Å². The van der Waals surface area contributed by atoms with Gasteiger partial charge in [0.05, 0.1) is 5.56 Å². The fourth-order valence-corrected chi connectivity index (χ4v) is 2.68. The van der Waals surface area contributed by atoms with Gasteiger partial charge in [-0.1, -0.05) is 13.3 Å². The van der Waals surface area contributed by atoms with E-state index in [1.165, 1.54) is 12.5 Å². The number of nitrogens with two attached hydrogens (primary N) is 1. The Hall–Kier alpha value is -1.39. The Bertz CT molecular complexity index is 443. The number of nitrogen functional groups attached to an aromatic ring is 1. The van der Waals surface area contributed by atoms with E-state index in [0.29, 0.717) is 11.6 Å². The van der Waals surface area contributed by atoms with Gasteiger partial charge in [-0.25, -0.2) is 0 Å². The van der Waals surface area contributed by atoms with Crippen LogP contribution in [0.2, 0.25) is 0 Å². The first-order valence-electron chi connectivity index (χ1n) is 6.57. The minimum Gasteiger partial charge on any atom is -0.398 e. The van der Waals surface area contributed by atoms with Crippen molar-refractivity contribution in [2.75, 3.05) is 17.6 Å². The van der Waals surface area contributed by atoms with E-state index in [0.717, 1.165) is 31.4 Å². The molecule has 0 radical (unpaired) electrons. The average molecular weight is 272 g/mol. The molecule has 0 aromatic heterocycles. The van der Waals surface area contributed by atoms with Crippen molar-refractivity contribution in [1.82, 2.24) is 0 Å². The van der Waals surface area contributed by atoms with Gasteiger partial charge in [-0.05, 0) is 42.9 Å². The van der Waals surface area contributed by atoms with Crippen LogP contribution in [0.5, 0.6) is 0 Å². The van der Waals surface area contributed by atoms with E-state index in [2.05, 4.69) is 12.2 Å². The fraction of sp³-hybridized carbons (Fsp3) is 0.571. The minimum atomic E-state index is -4.40. The number of rotatable bonds is 3. The molecule has 1 saturated carbocycles. The van der Waals surface area contributed by atoms with Gasteiger partial charge in [-0.2, -0.15) is 13.2 Å². The minimum absolute atomic E-state index is 0.229. The van der Waals surface area contributed by atoms with Crippen LogP contribution in [0.4, 0.5) is 24.5 Å². The number of benzene rings is 1. The van der Waals surface area contributed by atoms with E-state index in [9.17, 15) is 13.2 Å². The summed E-state index contributed by atoms with van der Waals surface area (Å²) in [5.41, 5.74) is 4.86. The summed E-state index contributed by atoms with van der Waals surface area (Å²) in [6.07, 6.45) is -0.894. The van der Waals surface area contributed by atoms with Gasteiger partial charge in [0, 0.05) is 17.9 Å². The Kier molecular flexibility index (Phi) is 3.92. The van der Waals surface area contributed by atoms with E-state index in [1.54, 1.807) is 6.07 Å². The van der Waals surface area contributed by atoms with E-state index < -0.39 is 11.7 Å². The van der Waals surface area contributed by atoms with Crippen molar-refractivity contribution in [2.45, 2.75) is 32.4 Å². The van der Waals surface area contributed by atoms with Crippen molar-refractivity contribution in [3.8, 4) is 0 Å². The predicted molar refractivity (Wildman–Crippen MR) is 70.9 cm³/mol. The Morgan fingerprint density at radius 1 is 1.32 bits per heavy atom. The molecule has 2 unspecified atom stereocenters. The zero-order chi connectivity index (χ0) is 14.0. The molecular formula is C14H19F3N2. The molecule has 1 aliphatic rings. The summed E-state index contributed by atoms with van der Waals surface area (Å²) in [5, 5.41) is 3.09. The average Bonchev–Trinajstić information content (AvgIpc) is 2.72. The normalized spacial score (nSPS) is 23.6. The van der Waals surface area contributed by atoms with Crippen LogP contribution in [-0.2, 0) is 6.18 Å². The number of hydrogen-bond donors (Lipinski definition) is 2.